The molecule has 6 nitrogen and oxygen atoms in total. The monoisotopic (exact) mass is 528 g/mol. The van der Waals surface area contributed by atoms with E-state index in [-0.39, 0.29) is 30.6 Å². The maximum Gasteiger partial charge on any atom is 0.416 e. The van der Waals surface area contributed by atoms with Crippen LogP contribution in [0.2, 0.25) is 0 Å². The van der Waals surface area contributed by atoms with Crippen molar-refractivity contribution in [1.29, 1.82) is 0 Å². The van der Waals surface area contributed by atoms with Gasteiger partial charge in [-0.2, -0.15) is 13.2 Å². The molecule has 1 aromatic heterocycles. The number of ketones is 1. The van der Waals surface area contributed by atoms with Gasteiger partial charge in [0.05, 0.1) is 11.6 Å². The Hall–Kier alpha value is -3.88. The van der Waals surface area contributed by atoms with Crippen LogP contribution in [0, 0.1) is 5.92 Å². The number of rotatable bonds is 13. The van der Waals surface area contributed by atoms with Gasteiger partial charge in [-0.25, -0.2) is 4.98 Å². The fraction of sp³-hybridized carbons (Fsp3) is 0.345. The molecular formula is C29H31F3N2O4. The van der Waals surface area contributed by atoms with Gasteiger partial charge >= 0.3 is 12.1 Å². The third kappa shape index (κ3) is 8.33. The summed E-state index contributed by atoms with van der Waals surface area (Å²) in [6.07, 6.45) is -1.45. The zero-order valence-electron chi connectivity index (χ0n) is 21.3. The fourth-order valence-corrected chi connectivity index (χ4v) is 3.81. The molecule has 0 fully saturated rings. The van der Waals surface area contributed by atoms with Crippen molar-refractivity contribution in [2.75, 3.05) is 11.9 Å². The third-order valence-electron chi connectivity index (χ3n) is 6.38. The van der Waals surface area contributed by atoms with Crippen LogP contribution in [0.25, 0.3) is 11.1 Å². The predicted molar refractivity (Wildman–Crippen MR) is 139 cm³/mol. The molecule has 0 saturated carbocycles. The average molecular weight is 529 g/mol. The van der Waals surface area contributed by atoms with Gasteiger partial charge in [-0.1, -0.05) is 32.4 Å². The number of hydrogen-bond donors (Lipinski definition) is 2. The van der Waals surface area contributed by atoms with Crippen LogP contribution in [-0.4, -0.2) is 34.5 Å². The summed E-state index contributed by atoms with van der Waals surface area (Å²) in [5.41, 5.74) is 1.97. The van der Waals surface area contributed by atoms with Gasteiger partial charge in [0.25, 0.3) is 0 Å². The number of carboxylic acids is 1. The number of aliphatic carboxylic acids is 1. The average Bonchev–Trinajstić information content (AvgIpc) is 2.90. The molecule has 0 saturated heterocycles. The fourth-order valence-electron chi connectivity index (χ4n) is 3.81. The smallest absolute Gasteiger partial charge is 0.416 e. The highest BCUT2D eigenvalue weighted by molar-refractivity contribution is 5.96. The summed E-state index contributed by atoms with van der Waals surface area (Å²) < 4.78 is 44.3. The second kappa shape index (κ2) is 13.1. The van der Waals surface area contributed by atoms with E-state index in [0.29, 0.717) is 35.6 Å². The predicted octanol–water partition coefficient (Wildman–Crippen LogP) is 7.11. The molecule has 9 heteroatoms. The number of ether oxygens (including phenoxy) is 1. The van der Waals surface area contributed by atoms with E-state index in [2.05, 4.69) is 24.1 Å². The number of aromatic nitrogens is 1. The normalized spacial score (nSPS) is 13.0. The standard InChI is InChI=1S/C29H31F3N2O4/c1-3-19(2)25(34-24-14-9-21(10-15-24)26(35)5-4-6-28(36)37)18-38-27-16-11-22(17-33-27)20-7-12-23(13-8-20)29(30,31)32/h7-17,19,25,34H,3-6,18H2,1-2H3,(H,36,37)/t19-,25+/m0/s1. The largest absolute Gasteiger partial charge is 0.481 e. The molecular weight excluding hydrogens is 497 g/mol. The molecule has 0 bridgehead atoms. The van der Waals surface area contributed by atoms with E-state index in [0.717, 1.165) is 24.2 Å². The second-order valence-electron chi connectivity index (χ2n) is 9.16. The van der Waals surface area contributed by atoms with Gasteiger partial charge in [-0.05, 0) is 60.4 Å². The van der Waals surface area contributed by atoms with E-state index >= 15 is 0 Å². The van der Waals surface area contributed by atoms with Crippen LogP contribution in [0.4, 0.5) is 18.9 Å². The molecule has 38 heavy (non-hydrogen) atoms. The summed E-state index contributed by atoms with van der Waals surface area (Å²) in [7, 11) is 0. The lowest BCUT2D eigenvalue weighted by Crippen LogP contribution is -2.33. The second-order valence-corrected chi connectivity index (χ2v) is 9.16. The van der Waals surface area contributed by atoms with E-state index in [1.165, 1.54) is 12.1 Å². The minimum Gasteiger partial charge on any atom is -0.481 e. The lowest BCUT2D eigenvalue weighted by Gasteiger charge is -2.25. The van der Waals surface area contributed by atoms with Crippen molar-refractivity contribution in [3.63, 3.8) is 0 Å². The van der Waals surface area contributed by atoms with Crippen LogP contribution in [0.15, 0.2) is 66.9 Å². The molecule has 0 unspecified atom stereocenters. The summed E-state index contributed by atoms with van der Waals surface area (Å²) >= 11 is 0. The van der Waals surface area contributed by atoms with E-state index in [1.54, 1.807) is 30.5 Å². The van der Waals surface area contributed by atoms with Gasteiger partial charge in [-0.3, -0.25) is 9.59 Å². The van der Waals surface area contributed by atoms with E-state index in [4.69, 9.17) is 9.84 Å². The number of nitrogens with one attached hydrogen (secondary N) is 1. The molecule has 1 heterocycles. The quantitative estimate of drug-likeness (QED) is 0.230. The minimum atomic E-state index is -4.38. The molecule has 0 spiro atoms. The topological polar surface area (TPSA) is 88.5 Å². The van der Waals surface area contributed by atoms with Crippen molar-refractivity contribution >= 4 is 17.4 Å². The van der Waals surface area contributed by atoms with Crippen LogP contribution in [0.3, 0.4) is 0 Å². The van der Waals surface area contributed by atoms with Crippen molar-refractivity contribution in [2.45, 2.75) is 51.7 Å². The third-order valence-corrected chi connectivity index (χ3v) is 6.38. The summed E-state index contributed by atoms with van der Waals surface area (Å²) in [6, 6.07) is 15.4. The van der Waals surface area contributed by atoms with Crippen LogP contribution < -0.4 is 10.1 Å². The van der Waals surface area contributed by atoms with Gasteiger partial charge in [-0.15, -0.1) is 0 Å². The summed E-state index contributed by atoms with van der Waals surface area (Å²) in [5.74, 6) is -0.344. The number of Topliss-reactive ketones (excluding diaryl/α,β-unsaturated/α-hetero) is 1. The first kappa shape index (κ1) is 28.7. The number of hydrogen-bond acceptors (Lipinski definition) is 5. The Bertz CT molecular complexity index is 1190. The molecule has 0 radical (unpaired) electrons. The Kier molecular flexibility index (Phi) is 9.87. The molecule has 2 aromatic carbocycles. The van der Waals surface area contributed by atoms with Crippen LogP contribution in [0.5, 0.6) is 5.88 Å². The Morgan fingerprint density at radius 3 is 2.18 bits per heavy atom. The van der Waals surface area contributed by atoms with Crippen LogP contribution >= 0.6 is 0 Å². The van der Waals surface area contributed by atoms with Gasteiger partial charge in [0.1, 0.15) is 6.61 Å². The Morgan fingerprint density at radius 2 is 1.63 bits per heavy atom. The van der Waals surface area contributed by atoms with Gasteiger partial charge in [0.15, 0.2) is 5.78 Å². The van der Waals surface area contributed by atoms with E-state index in [1.807, 2.05) is 12.1 Å². The highest BCUT2D eigenvalue weighted by Gasteiger charge is 2.30. The molecule has 0 aliphatic carbocycles. The molecule has 0 aliphatic heterocycles. The van der Waals surface area contributed by atoms with Gasteiger partial charge in [0.2, 0.25) is 5.88 Å². The van der Waals surface area contributed by atoms with Crippen molar-refractivity contribution in [1.82, 2.24) is 4.98 Å². The zero-order chi connectivity index (χ0) is 27.7. The Balaban J connectivity index is 1.58. The SMILES string of the molecule is CC[C@H](C)[C@@H](COc1ccc(-c2ccc(C(F)(F)F)cc2)cn1)Nc1ccc(C(=O)CCCC(=O)O)cc1. The number of anilines is 1. The molecule has 202 valence electrons. The minimum absolute atomic E-state index is 0.0331. The lowest BCUT2D eigenvalue weighted by molar-refractivity contribution is -0.138. The maximum atomic E-state index is 12.8. The number of halogens is 3. The van der Waals surface area contributed by atoms with Gasteiger partial charge < -0.3 is 15.2 Å². The zero-order valence-corrected chi connectivity index (χ0v) is 21.3. The lowest BCUT2D eigenvalue weighted by atomic mass is 9.99. The molecule has 3 rings (SSSR count). The Labute approximate surface area is 219 Å². The molecule has 2 atom stereocenters. The van der Waals surface area contributed by atoms with Gasteiger partial charge in [0, 0.05) is 41.9 Å². The van der Waals surface area contributed by atoms with Crippen LogP contribution in [0.1, 0.15) is 55.5 Å². The van der Waals surface area contributed by atoms with Crippen LogP contribution in [-0.2, 0) is 11.0 Å². The summed E-state index contributed by atoms with van der Waals surface area (Å²) in [6.45, 7) is 4.51. The molecule has 0 aliphatic rings. The Morgan fingerprint density at radius 1 is 0.974 bits per heavy atom. The van der Waals surface area contributed by atoms with Crippen molar-refractivity contribution < 1.29 is 32.6 Å². The van der Waals surface area contributed by atoms with E-state index in [9.17, 15) is 22.8 Å². The number of benzene rings is 2. The highest BCUT2D eigenvalue weighted by atomic mass is 19.4. The van der Waals surface area contributed by atoms with Crippen molar-refractivity contribution in [3.8, 4) is 17.0 Å². The molecule has 3 aromatic rings. The number of pyridine rings is 1. The first-order chi connectivity index (χ1) is 18.1. The molecule has 0 amide bonds. The first-order valence-electron chi connectivity index (χ1n) is 12.4. The number of carbonyl (C=O) groups is 2. The maximum absolute atomic E-state index is 12.8. The number of carbonyl (C=O) groups excluding carboxylic acids is 1. The number of carboxylic acid groups (broad SMARTS) is 1. The summed E-state index contributed by atoms with van der Waals surface area (Å²) in [4.78, 5) is 27.2. The summed E-state index contributed by atoms with van der Waals surface area (Å²) in [5, 5.41) is 12.2. The first-order valence-corrected chi connectivity index (χ1v) is 12.4. The van der Waals surface area contributed by atoms with Crippen molar-refractivity contribution in [3.05, 3.63) is 78.0 Å². The highest BCUT2D eigenvalue weighted by Crippen LogP contribution is 2.31. The number of nitrogens with zero attached hydrogens (tertiary/aromatic N) is 1. The van der Waals surface area contributed by atoms with Crippen molar-refractivity contribution in [2.24, 2.45) is 5.92 Å². The van der Waals surface area contributed by atoms with E-state index < -0.39 is 17.7 Å². The number of alkyl halides is 3. The molecule has 2 N–H and O–H groups in total.